The fourth-order valence-corrected chi connectivity index (χ4v) is 2.52. The van der Waals surface area contributed by atoms with E-state index in [4.69, 9.17) is 15.6 Å². The Morgan fingerprint density at radius 3 is 2.30 bits per heavy atom. The lowest BCUT2D eigenvalue weighted by atomic mass is 9.83. The number of alkyl carbamates (subject to hydrolysis) is 1. The molecule has 5 N–H and O–H groups in total. The van der Waals surface area contributed by atoms with Crippen LogP contribution < -0.4 is 11.1 Å². The molecule has 1 aromatic rings. The molecule has 27 heavy (non-hydrogen) atoms. The van der Waals surface area contributed by atoms with Crippen molar-refractivity contribution in [3.05, 3.63) is 35.9 Å². The first-order valence-electron chi connectivity index (χ1n) is 8.42. The van der Waals surface area contributed by atoms with Crippen molar-refractivity contribution >= 4 is 17.8 Å². The predicted octanol–water partition coefficient (Wildman–Crippen LogP) is 0.865. The second-order valence-corrected chi connectivity index (χ2v) is 6.44. The van der Waals surface area contributed by atoms with E-state index in [1.54, 1.807) is 44.2 Å². The first-order chi connectivity index (χ1) is 12.7. The van der Waals surface area contributed by atoms with Crippen LogP contribution in [-0.2, 0) is 20.9 Å². The molecule has 0 aliphatic carbocycles. The van der Waals surface area contributed by atoms with Gasteiger partial charge in [0.05, 0.1) is 18.1 Å². The summed E-state index contributed by atoms with van der Waals surface area (Å²) >= 11 is 0. The predicted molar refractivity (Wildman–Crippen MR) is 94.5 cm³/mol. The average molecular weight is 384 g/mol. The number of Topliss-reactive ketones (excluding diaryl/α,β-unsaturated/α-hetero) is 1. The third-order valence-corrected chi connectivity index (χ3v) is 4.03. The smallest absolute Gasteiger partial charge is 0.408 e. The van der Waals surface area contributed by atoms with Gasteiger partial charge in [-0.05, 0) is 11.5 Å². The number of amides is 1. The van der Waals surface area contributed by atoms with Crippen LogP contribution >= 0.6 is 0 Å². The van der Waals surface area contributed by atoms with Crippen molar-refractivity contribution in [2.75, 3.05) is 6.67 Å². The Hall–Kier alpha value is -2.52. The van der Waals surface area contributed by atoms with Crippen LogP contribution in [0.4, 0.5) is 9.18 Å². The normalized spacial score (nSPS) is 15.5. The van der Waals surface area contributed by atoms with E-state index in [9.17, 15) is 23.9 Å². The summed E-state index contributed by atoms with van der Waals surface area (Å²) < 4.78 is 17.9. The van der Waals surface area contributed by atoms with Gasteiger partial charge in [0.15, 0.2) is 5.78 Å². The lowest BCUT2D eigenvalue weighted by Crippen LogP contribution is -2.56. The largest absolute Gasteiger partial charge is 0.480 e. The molecule has 0 aliphatic heterocycles. The van der Waals surface area contributed by atoms with E-state index in [0.717, 1.165) is 5.56 Å². The van der Waals surface area contributed by atoms with Crippen LogP contribution in [0.5, 0.6) is 0 Å². The van der Waals surface area contributed by atoms with Crippen molar-refractivity contribution < 1.29 is 33.7 Å². The molecule has 1 aromatic carbocycles. The molecule has 4 atom stereocenters. The highest BCUT2D eigenvalue weighted by molar-refractivity contribution is 5.94. The van der Waals surface area contributed by atoms with Gasteiger partial charge in [-0.1, -0.05) is 44.2 Å². The number of hydrogen-bond acceptors (Lipinski definition) is 6. The number of ether oxygens (including phenoxy) is 1. The number of carbonyl (C=O) groups excluding carboxylic acids is 2. The molecule has 0 saturated heterocycles. The number of benzene rings is 1. The Morgan fingerprint density at radius 2 is 1.81 bits per heavy atom. The molecular formula is C18H25FN2O6. The highest BCUT2D eigenvalue weighted by atomic mass is 19.1. The number of carboxylic acid groups (broad SMARTS) is 1. The molecule has 1 amide bonds. The first-order valence-corrected chi connectivity index (χ1v) is 8.42. The SMILES string of the molecule is CC(C)[C@H](NC(=O)OCc1ccccc1)C(=O)C(C(O)CF)C(N)C(=O)O. The molecular weight excluding hydrogens is 359 g/mol. The lowest BCUT2D eigenvalue weighted by molar-refractivity contribution is -0.146. The number of carboxylic acids is 1. The standard InChI is InChI=1S/C18H25FN2O6/c1-10(2)15(16(23)13(12(22)8-19)14(20)17(24)25)21-18(26)27-9-11-6-4-3-5-7-11/h3-7,10,12-15,22H,8-9,20H2,1-2H3,(H,21,26)(H,24,25)/t12?,13?,14?,15-/m0/s1. The van der Waals surface area contributed by atoms with Crippen LogP contribution in [0.3, 0.4) is 0 Å². The van der Waals surface area contributed by atoms with Crippen LogP contribution in [0.25, 0.3) is 0 Å². The van der Waals surface area contributed by atoms with Gasteiger partial charge in [0.2, 0.25) is 0 Å². The quantitative estimate of drug-likeness (QED) is 0.469. The fourth-order valence-electron chi connectivity index (χ4n) is 2.52. The molecule has 0 aromatic heterocycles. The number of halogens is 1. The monoisotopic (exact) mass is 384 g/mol. The second kappa shape index (κ2) is 10.6. The summed E-state index contributed by atoms with van der Waals surface area (Å²) in [5, 5.41) is 21.1. The summed E-state index contributed by atoms with van der Waals surface area (Å²) in [5.74, 6) is -4.62. The van der Waals surface area contributed by atoms with Crippen molar-refractivity contribution in [3.63, 3.8) is 0 Å². The maximum atomic E-state index is 12.9. The molecule has 1 rings (SSSR count). The van der Waals surface area contributed by atoms with Crippen LogP contribution in [0, 0.1) is 11.8 Å². The third kappa shape index (κ3) is 6.61. The molecule has 0 heterocycles. The zero-order valence-electron chi connectivity index (χ0n) is 15.2. The molecule has 8 nitrogen and oxygen atoms in total. The Kier molecular flexibility index (Phi) is 8.83. The van der Waals surface area contributed by atoms with E-state index in [1.165, 1.54) is 0 Å². The molecule has 0 fully saturated rings. The minimum atomic E-state index is -1.90. The van der Waals surface area contributed by atoms with E-state index >= 15 is 0 Å². The van der Waals surface area contributed by atoms with Crippen LogP contribution in [0.1, 0.15) is 19.4 Å². The van der Waals surface area contributed by atoms with E-state index in [2.05, 4.69) is 5.32 Å². The fraction of sp³-hybridized carbons (Fsp3) is 0.500. The zero-order chi connectivity index (χ0) is 20.6. The summed E-state index contributed by atoms with van der Waals surface area (Å²) in [6, 6.07) is 5.83. The van der Waals surface area contributed by atoms with Crippen LogP contribution in [0.15, 0.2) is 30.3 Å². The number of aliphatic hydroxyl groups is 1. The minimum absolute atomic E-state index is 0.0309. The lowest BCUT2D eigenvalue weighted by Gasteiger charge is -2.29. The molecule has 3 unspecified atom stereocenters. The number of hydrogen-bond donors (Lipinski definition) is 4. The van der Waals surface area contributed by atoms with Gasteiger partial charge in [-0.2, -0.15) is 0 Å². The highest BCUT2D eigenvalue weighted by Crippen LogP contribution is 2.17. The number of aliphatic carboxylic acids is 1. The number of aliphatic hydroxyl groups excluding tert-OH is 1. The minimum Gasteiger partial charge on any atom is -0.480 e. The molecule has 0 radical (unpaired) electrons. The van der Waals surface area contributed by atoms with Gasteiger partial charge in [0, 0.05) is 0 Å². The Morgan fingerprint density at radius 1 is 1.22 bits per heavy atom. The van der Waals surface area contributed by atoms with Crippen LogP contribution in [-0.4, -0.2) is 52.9 Å². The second-order valence-electron chi connectivity index (χ2n) is 6.44. The first kappa shape index (κ1) is 22.5. The van der Waals surface area contributed by atoms with E-state index in [-0.39, 0.29) is 6.61 Å². The summed E-state index contributed by atoms with van der Waals surface area (Å²) in [5.41, 5.74) is 6.19. The van der Waals surface area contributed by atoms with Crippen molar-refractivity contribution in [1.82, 2.24) is 5.32 Å². The Balaban J connectivity index is 2.86. The summed E-state index contributed by atoms with van der Waals surface area (Å²) in [6.45, 7) is 1.83. The molecule has 150 valence electrons. The highest BCUT2D eigenvalue weighted by Gasteiger charge is 2.41. The van der Waals surface area contributed by atoms with Crippen molar-refractivity contribution in [3.8, 4) is 0 Å². The zero-order valence-corrected chi connectivity index (χ0v) is 15.2. The van der Waals surface area contributed by atoms with Gasteiger partial charge in [-0.25, -0.2) is 9.18 Å². The van der Waals surface area contributed by atoms with Gasteiger partial charge in [-0.15, -0.1) is 0 Å². The number of nitrogens with two attached hydrogens (primary N) is 1. The number of ketones is 1. The Bertz CT molecular complexity index is 640. The molecule has 0 spiro atoms. The van der Waals surface area contributed by atoms with Gasteiger partial charge in [0.1, 0.15) is 19.3 Å². The summed E-state index contributed by atoms with van der Waals surface area (Å²) in [4.78, 5) is 35.8. The van der Waals surface area contributed by atoms with E-state index in [0.29, 0.717) is 0 Å². The number of carbonyl (C=O) groups is 3. The average Bonchev–Trinajstić information content (AvgIpc) is 2.64. The molecule has 0 bridgehead atoms. The maximum absolute atomic E-state index is 12.9. The van der Waals surface area contributed by atoms with Gasteiger partial charge >= 0.3 is 12.1 Å². The van der Waals surface area contributed by atoms with Gasteiger partial charge in [0.25, 0.3) is 0 Å². The van der Waals surface area contributed by atoms with Gasteiger partial charge < -0.3 is 26.0 Å². The topological polar surface area (TPSA) is 139 Å². The number of nitrogens with one attached hydrogen (secondary N) is 1. The van der Waals surface area contributed by atoms with E-state index < -0.39 is 54.5 Å². The number of alkyl halides is 1. The molecule has 9 heteroatoms. The van der Waals surface area contributed by atoms with E-state index in [1.807, 2.05) is 0 Å². The third-order valence-electron chi connectivity index (χ3n) is 4.03. The Labute approximate surface area is 156 Å². The van der Waals surface area contributed by atoms with Gasteiger partial charge in [-0.3, -0.25) is 9.59 Å². The molecule has 0 aliphatic rings. The summed E-state index contributed by atoms with van der Waals surface area (Å²) in [7, 11) is 0. The van der Waals surface area contributed by atoms with Crippen molar-refractivity contribution in [2.45, 2.75) is 38.6 Å². The van der Waals surface area contributed by atoms with Crippen molar-refractivity contribution in [2.24, 2.45) is 17.6 Å². The number of rotatable bonds is 10. The maximum Gasteiger partial charge on any atom is 0.408 e. The molecule has 0 saturated carbocycles. The van der Waals surface area contributed by atoms with Crippen molar-refractivity contribution in [1.29, 1.82) is 0 Å². The summed E-state index contributed by atoms with van der Waals surface area (Å²) in [6.07, 6.45) is -2.80. The van der Waals surface area contributed by atoms with Crippen LogP contribution in [0.2, 0.25) is 0 Å².